The number of nitrogens with one attached hydrogen (secondary N) is 1. The summed E-state index contributed by atoms with van der Waals surface area (Å²) < 4.78 is 28.1. The molecule has 128 valence electrons. The van der Waals surface area contributed by atoms with Crippen LogP contribution in [0.25, 0.3) is 10.8 Å². The number of sulfone groups is 1. The van der Waals surface area contributed by atoms with Gasteiger partial charge < -0.3 is 10.1 Å². The van der Waals surface area contributed by atoms with Crippen LogP contribution >= 0.6 is 0 Å². The van der Waals surface area contributed by atoms with E-state index in [1.807, 2.05) is 36.4 Å². The van der Waals surface area contributed by atoms with Crippen LogP contribution < -0.4 is 10.1 Å². The number of hydrogen-bond acceptors (Lipinski definition) is 4. The average Bonchev–Trinajstić information content (AvgIpc) is 2.90. The Bertz CT molecular complexity index is 860. The van der Waals surface area contributed by atoms with E-state index in [-0.39, 0.29) is 29.8 Å². The number of rotatable bonds is 5. The highest BCUT2D eigenvalue weighted by atomic mass is 32.2. The van der Waals surface area contributed by atoms with Crippen LogP contribution in [0.15, 0.2) is 36.4 Å². The van der Waals surface area contributed by atoms with E-state index in [9.17, 15) is 13.2 Å². The van der Waals surface area contributed by atoms with E-state index in [0.29, 0.717) is 13.0 Å². The number of amides is 1. The van der Waals surface area contributed by atoms with Crippen LogP contribution in [0.3, 0.4) is 0 Å². The second-order valence-electron chi connectivity index (χ2n) is 6.30. The Balaban J connectivity index is 1.58. The topological polar surface area (TPSA) is 72.5 Å². The van der Waals surface area contributed by atoms with Crippen molar-refractivity contribution in [2.45, 2.75) is 19.4 Å². The van der Waals surface area contributed by atoms with Gasteiger partial charge in [0.2, 0.25) is 5.91 Å². The molecule has 1 aliphatic heterocycles. The van der Waals surface area contributed by atoms with Crippen molar-refractivity contribution in [1.82, 2.24) is 5.32 Å². The molecule has 0 aromatic heterocycles. The van der Waals surface area contributed by atoms with Crippen LogP contribution in [0.4, 0.5) is 0 Å². The molecule has 1 N–H and O–H groups in total. The third-order valence-corrected chi connectivity index (χ3v) is 6.24. The predicted octanol–water partition coefficient (Wildman–Crippen LogP) is 2.29. The van der Waals surface area contributed by atoms with Crippen LogP contribution in [-0.2, 0) is 21.2 Å². The van der Waals surface area contributed by atoms with Crippen LogP contribution in [0.2, 0.25) is 0 Å². The fourth-order valence-electron chi connectivity index (χ4n) is 3.08. The smallest absolute Gasteiger partial charge is 0.220 e. The van der Waals surface area contributed by atoms with Crippen LogP contribution in [0.1, 0.15) is 18.4 Å². The van der Waals surface area contributed by atoms with Crippen LogP contribution in [0, 0.1) is 5.92 Å². The second kappa shape index (κ2) is 6.81. The predicted molar refractivity (Wildman–Crippen MR) is 93.7 cm³/mol. The Kier molecular flexibility index (Phi) is 4.76. The fraction of sp³-hybridized carbons (Fsp3) is 0.389. The number of ether oxygens (including phenoxy) is 1. The lowest BCUT2D eigenvalue weighted by molar-refractivity contribution is -0.122. The fourth-order valence-corrected chi connectivity index (χ4v) is 4.94. The first-order valence-electron chi connectivity index (χ1n) is 7.99. The number of carbonyl (C=O) groups is 1. The van der Waals surface area contributed by atoms with Crippen molar-refractivity contribution in [3.8, 4) is 5.75 Å². The Morgan fingerprint density at radius 2 is 1.96 bits per heavy atom. The molecule has 24 heavy (non-hydrogen) atoms. The van der Waals surface area contributed by atoms with Crippen molar-refractivity contribution in [3.63, 3.8) is 0 Å². The lowest BCUT2D eigenvalue weighted by Gasteiger charge is -2.10. The summed E-state index contributed by atoms with van der Waals surface area (Å²) in [6.45, 7) is 0.445. The summed E-state index contributed by atoms with van der Waals surface area (Å²) in [7, 11) is -1.29. The van der Waals surface area contributed by atoms with E-state index < -0.39 is 9.84 Å². The van der Waals surface area contributed by atoms with Gasteiger partial charge in [-0.25, -0.2) is 8.42 Å². The molecule has 1 heterocycles. The lowest BCUT2D eigenvalue weighted by Crippen LogP contribution is -2.25. The molecule has 0 saturated carbocycles. The summed E-state index contributed by atoms with van der Waals surface area (Å²) >= 11 is 0. The second-order valence-corrected chi connectivity index (χ2v) is 8.53. The third-order valence-electron chi connectivity index (χ3n) is 4.40. The molecule has 1 unspecified atom stereocenters. The highest BCUT2D eigenvalue weighted by molar-refractivity contribution is 7.91. The van der Waals surface area contributed by atoms with Crippen molar-refractivity contribution in [2.75, 3.05) is 18.6 Å². The molecule has 1 saturated heterocycles. The third kappa shape index (κ3) is 4.06. The summed E-state index contributed by atoms with van der Waals surface area (Å²) in [4.78, 5) is 12.0. The van der Waals surface area contributed by atoms with E-state index in [2.05, 4.69) is 5.32 Å². The average molecular weight is 347 g/mol. The zero-order chi connectivity index (χ0) is 17.2. The molecule has 6 heteroatoms. The van der Waals surface area contributed by atoms with Gasteiger partial charge in [0.1, 0.15) is 5.75 Å². The minimum Gasteiger partial charge on any atom is -0.497 e. The molecular weight excluding hydrogens is 326 g/mol. The Morgan fingerprint density at radius 1 is 1.21 bits per heavy atom. The SMILES string of the molecule is COc1ccc2cc(CNC(=O)CC3CCS(=O)(=O)C3)ccc2c1. The molecule has 2 aromatic carbocycles. The molecule has 1 aliphatic rings. The molecule has 1 fully saturated rings. The Morgan fingerprint density at radius 3 is 2.67 bits per heavy atom. The Labute approximate surface area is 141 Å². The molecule has 2 aromatic rings. The molecule has 1 atom stereocenters. The maximum absolute atomic E-state index is 12.0. The van der Waals surface area contributed by atoms with Crippen LogP contribution in [0.5, 0.6) is 5.75 Å². The molecule has 3 rings (SSSR count). The first kappa shape index (κ1) is 16.8. The van der Waals surface area contributed by atoms with Crippen molar-refractivity contribution in [2.24, 2.45) is 5.92 Å². The van der Waals surface area contributed by atoms with Crippen molar-refractivity contribution >= 4 is 26.5 Å². The maximum Gasteiger partial charge on any atom is 0.220 e. The number of benzene rings is 2. The summed E-state index contributed by atoms with van der Waals surface area (Å²) in [5.41, 5.74) is 1.01. The van der Waals surface area contributed by atoms with E-state index in [0.717, 1.165) is 22.1 Å². The van der Waals surface area contributed by atoms with Gasteiger partial charge in [-0.05, 0) is 46.9 Å². The normalized spacial score (nSPS) is 19.3. The first-order valence-corrected chi connectivity index (χ1v) is 9.81. The number of carbonyl (C=O) groups excluding carboxylic acids is 1. The number of hydrogen-bond donors (Lipinski definition) is 1. The molecule has 0 spiro atoms. The zero-order valence-corrected chi connectivity index (χ0v) is 14.4. The summed E-state index contributed by atoms with van der Waals surface area (Å²) in [6, 6.07) is 11.9. The quantitative estimate of drug-likeness (QED) is 0.901. The van der Waals surface area contributed by atoms with Crippen LogP contribution in [-0.4, -0.2) is 32.9 Å². The summed E-state index contributed by atoms with van der Waals surface area (Å²) in [6.07, 6.45) is 0.873. The van der Waals surface area contributed by atoms with Gasteiger partial charge in [-0.15, -0.1) is 0 Å². The van der Waals surface area contributed by atoms with Gasteiger partial charge in [0.25, 0.3) is 0 Å². The molecule has 0 radical (unpaired) electrons. The van der Waals surface area contributed by atoms with Gasteiger partial charge in [-0.2, -0.15) is 0 Å². The number of fused-ring (bicyclic) bond motifs is 1. The molecular formula is C18H21NO4S. The van der Waals surface area contributed by atoms with Gasteiger partial charge >= 0.3 is 0 Å². The van der Waals surface area contributed by atoms with Gasteiger partial charge in [0.05, 0.1) is 18.6 Å². The minimum absolute atomic E-state index is 0.0425. The van der Waals surface area contributed by atoms with Gasteiger partial charge in [0, 0.05) is 13.0 Å². The van der Waals surface area contributed by atoms with Gasteiger partial charge in [-0.1, -0.05) is 18.2 Å². The minimum atomic E-state index is -2.93. The highest BCUT2D eigenvalue weighted by Crippen LogP contribution is 2.23. The summed E-state index contributed by atoms with van der Waals surface area (Å²) in [5.74, 6) is 1.03. The molecule has 0 bridgehead atoms. The molecule has 0 aliphatic carbocycles. The van der Waals surface area contributed by atoms with Gasteiger partial charge in [0.15, 0.2) is 9.84 Å². The highest BCUT2D eigenvalue weighted by Gasteiger charge is 2.29. The first-order chi connectivity index (χ1) is 11.4. The zero-order valence-electron chi connectivity index (χ0n) is 13.6. The van der Waals surface area contributed by atoms with E-state index >= 15 is 0 Å². The summed E-state index contributed by atoms with van der Waals surface area (Å²) in [5, 5.41) is 5.05. The van der Waals surface area contributed by atoms with Crippen molar-refractivity contribution in [3.05, 3.63) is 42.0 Å². The van der Waals surface area contributed by atoms with Gasteiger partial charge in [-0.3, -0.25) is 4.79 Å². The molecule has 1 amide bonds. The monoisotopic (exact) mass is 347 g/mol. The van der Waals surface area contributed by atoms with Crippen molar-refractivity contribution < 1.29 is 17.9 Å². The standard InChI is InChI=1S/C18H21NO4S/c1-23-17-5-4-15-8-13(2-3-16(15)10-17)11-19-18(20)9-14-6-7-24(21,22)12-14/h2-5,8,10,14H,6-7,9,11-12H2,1H3,(H,19,20). The van der Waals surface area contributed by atoms with E-state index in [1.54, 1.807) is 7.11 Å². The molecule has 5 nitrogen and oxygen atoms in total. The maximum atomic E-state index is 12.0. The van der Waals surface area contributed by atoms with E-state index in [1.165, 1.54) is 0 Å². The lowest BCUT2D eigenvalue weighted by atomic mass is 10.0. The number of methoxy groups -OCH3 is 1. The largest absolute Gasteiger partial charge is 0.497 e. The Hall–Kier alpha value is -2.08. The van der Waals surface area contributed by atoms with E-state index in [4.69, 9.17) is 4.74 Å². The van der Waals surface area contributed by atoms with Crippen molar-refractivity contribution in [1.29, 1.82) is 0 Å².